The summed E-state index contributed by atoms with van der Waals surface area (Å²) in [6.07, 6.45) is -1.82. The summed E-state index contributed by atoms with van der Waals surface area (Å²) in [6, 6.07) is 8.32. The lowest BCUT2D eigenvalue weighted by Gasteiger charge is -2.17. The predicted octanol–water partition coefficient (Wildman–Crippen LogP) is 5.33. The molecule has 1 aliphatic rings. The van der Waals surface area contributed by atoms with Crippen molar-refractivity contribution < 1.29 is 32.6 Å². The summed E-state index contributed by atoms with van der Waals surface area (Å²) in [5, 5.41) is 10.1. The molecule has 37 heavy (non-hydrogen) atoms. The molecular weight excluding hydrogens is 511 g/mol. The fraction of sp³-hybridized carbons (Fsp3) is 0.423. The van der Waals surface area contributed by atoms with Gasteiger partial charge < -0.3 is 19.3 Å². The Balaban J connectivity index is 1.53. The molecule has 0 saturated carbocycles. The van der Waals surface area contributed by atoms with Gasteiger partial charge in [0.1, 0.15) is 5.65 Å². The van der Waals surface area contributed by atoms with Crippen LogP contribution in [0.5, 0.6) is 0 Å². The van der Waals surface area contributed by atoms with E-state index >= 15 is 0 Å². The standard InChI is InChI=1S/C26H27ClF3N3O4/c1-32-21(7-2-3-10-37-15-16-5-4-6-19(27)11-16)22(24(34)33-9-8-17(14-33)25(35)36)20-12-18(26(28,29)30)13-31-23(20)32/h4-6,11-13,17H,2-3,7-10,14-15H2,1H3,(H,35,36)/t17-/m0/s1. The molecule has 1 saturated heterocycles. The molecule has 1 N–H and O–H groups in total. The van der Waals surface area contributed by atoms with Gasteiger partial charge in [0.25, 0.3) is 5.91 Å². The van der Waals surface area contributed by atoms with Crippen LogP contribution in [0.2, 0.25) is 5.02 Å². The number of amides is 1. The zero-order valence-corrected chi connectivity index (χ0v) is 21.0. The predicted molar refractivity (Wildman–Crippen MR) is 131 cm³/mol. The second-order valence-corrected chi connectivity index (χ2v) is 9.62. The number of carboxylic acid groups (broad SMARTS) is 1. The van der Waals surface area contributed by atoms with Crippen LogP contribution in [0.1, 0.15) is 46.4 Å². The van der Waals surface area contributed by atoms with Crippen molar-refractivity contribution in [2.24, 2.45) is 13.0 Å². The molecule has 11 heteroatoms. The number of fused-ring (bicyclic) bond motifs is 1. The molecule has 0 unspecified atom stereocenters. The second-order valence-electron chi connectivity index (χ2n) is 9.19. The average Bonchev–Trinajstić information content (AvgIpc) is 3.44. The monoisotopic (exact) mass is 537 g/mol. The Bertz CT molecular complexity index is 1310. The van der Waals surface area contributed by atoms with Crippen molar-refractivity contribution in [3.8, 4) is 0 Å². The number of pyridine rings is 1. The van der Waals surface area contributed by atoms with Gasteiger partial charge in [-0.05, 0) is 49.4 Å². The van der Waals surface area contributed by atoms with Crippen molar-refractivity contribution >= 4 is 34.5 Å². The van der Waals surface area contributed by atoms with Crippen molar-refractivity contribution in [2.75, 3.05) is 19.7 Å². The molecule has 3 aromatic rings. The highest BCUT2D eigenvalue weighted by Crippen LogP contribution is 2.34. The number of aliphatic carboxylic acids is 1. The zero-order valence-electron chi connectivity index (χ0n) is 20.2. The second kappa shape index (κ2) is 11.1. The van der Waals surface area contributed by atoms with Gasteiger partial charge in [0.15, 0.2) is 0 Å². The number of likely N-dealkylation sites (tertiary alicyclic amines) is 1. The maximum Gasteiger partial charge on any atom is 0.417 e. The van der Waals surface area contributed by atoms with E-state index in [1.807, 2.05) is 18.2 Å². The van der Waals surface area contributed by atoms with E-state index in [0.29, 0.717) is 49.6 Å². The third-order valence-corrected chi connectivity index (χ3v) is 6.86. The minimum absolute atomic E-state index is 0.0216. The largest absolute Gasteiger partial charge is 0.481 e. The van der Waals surface area contributed by atoms with Gasteiger partial charge in [0.2, 0.25) is 0 Å². The molecule has 1 atom stereocenters. The number of carboxylic acids is 1. The van der Waals surface area contributed by atoms with Gasteiger partial charge in [-0.1, -0.05) is 23.7 Å². The van der Waals surface area contributed by atoms with Crippen LogP contribution >= 0.6 is 11.6 Å². The molecular formula is C26H27ClF3N3O4. The molecule has 1 amide bonds. The number of rotatable bonds is 9. The van der Waals surface area contributed by atoms with Crippen LogP contribution in [0.25, 0.3) is 11.0 Å². The minimum atomic E-state index is -4.61. The number of aromatic nitrogens is 2. The summed E-state index contributed by atoms with van der Waals surface area (Å²) in [5.41, 5.74) is 1.01. The number of nitrogens with zero attached hydrogens (tertiary/aromatic N) is 3. The summed E-state index contributed by atoms with van der Waals surface area (Å²) in [7, 11) is 1.67. The summed E-state index contributed by atoms with van der Waals surface area (Å²) in [4.78, 5) is 30.3. The number of hydrogen-bond donors (Lipinski definition) is 1. The molecule has 0 spiro atoms. The Morgan fingerprint density at radius 3 is 2.70 bits per heavy atom. The molecule has 7 nitrogen and oxygen atoms in total. The highest BCUT2D eigenvalue weighted by Gasteiger charge is 2.36. The lowest BCUT2D eigenvalue weighted by molar-refractivity contribution is -0.141. The molecule has 198 valence electrons. The smallest absolute Gasteiger partial charge is 0.417 e. The van der Waals surface area contributed by atoms with Crippen LogP contribution in [-0.4, -0.2) is 51.1 Å². The van der Waals surface area contributed by atoms with E-state index in [2.05, 4.69) is 4.98 Å². The number of halogens is 4. The first-order chi connectivity index (χ1) is 17.6. The molecule has 0 radical (unpaired) electrons. The SMILES string of the molecule is Cn1c(CCCCOCc2cccc(Cl)c2)c(C(=O)N2CC[C@H](C(=O)O)C2)c2cc(C(F)(F)F)cnc21. The molecule has 1 fully saturated rings. The van der Waals surface area contributed by atoms with E-state index in [4.69, 9.17) is 16.3 Å². The maximum absolute atomic E-state index is 13.5. The number of benzene rings is 1. The van der Waals surface area contributed by atoms with Crippen LogP contribution < -0.4 is 0 Å². The van der Waals surface area contributed by atoms with Gasteiger partial charge in [0, 0.05) is 49.0 Å². The zero-order chi connectivity index (χ0) is 26.7. The number of aryl methyl sites for hydroxylation is 1. The van der Waals surface area contributed by atoms with Crippen LogP contribution in [0.4, 0.5) is 13.2 Å². The Morgan fingerprint density at radius 1 is 1.24 bits per heavy atom. The molecule has 1 aromatic carbocycles. The topological polar surface area (TPSA) is 84.7 Å². The van der Waals surface area contributed by atoms with E-state index in [1.165, 1.54) is 4.90 Å². The van der Waals surface area contributed by atoms with Crippen molar-refractivity contribution in [3.05, 3.63) is 63.9 Å². The molecule has 3 heterocycles. The maximum atomic E-state index is 13.5. The summed E-state index contributed by atoms with van der Waals surface area (Å²) in [5.74, 6) is -2.15. The average molecular weight is 538 g/mol. The highest BCUT2D eigenvalue weighted by atomic mass is 35.5. The third kappa shape index (κ3) is 6.07. The fourth-order valence-corrected chi connectivity index (χ4v) is 4.88. The quantitative estimate of drug-likeness (QED) is 0.373. The van der Waals surface area contributed by atoms with E-state index < -0.39 is 29.5 Å². The summed E-state index contributed by atoms with van der Waals surface area (Å²) in [6.45, 7) is 1.12. The highest BCUT2D eigenvalue weighted by molar-refractivity contribution is 6.30. The third-order valence-electron chi connectivity index (χ3n) is 6.62. The summed E-state index contributed by atoms with van der Waals surface area (Å²) < 4.78 is 47.7. The van der Waals surface area contributed by atoms with Crippen molar-refractivity contribution in [1.29, 1.82) is 0 Å². The molecule has 0 bridgehead atoms. The molecule has 0 aliphatic carbocycles. The number of carbonyl (C=O) groups is 2. The van der Waals surface area contributed by atoms with Crippen LogP contribution in [-0.2, 0) is 35.8 Å². The van der Waals surface area contributed by atoms with E-state index in [0.717, 1.165) is 17.8 Å². The normalized spacial score (nSPS) is 16.0. The molecule has 2 aromatic heterocycles. The fourth-order valence-electron chi connectivity index (χ4n) is 4.66. The molecule has 4 rings (SSSR count). The van der Waals surface area contributed by atoms with Crippen LogP contribution in [0.3, 0.4) is 0 Å². The summed E-state index contributed by atoms with van der Waals surface area (Å²) >= 11 is 5.98. The van der Waals surface area contributed by atoms with Crippen LogP contribution in [0.15, 0.2) is 36.5 Å². The first kappa shape index (κ1) is 26.9. The number of hydrogen-bond acceptors (Lipinski definition) is 4. The van der Waals surface area contributed by atoms with E-state index in [9.17, 15) is 27.9 Å². The van der Waals surface area contributed by atoms with E-state index in [-0.39, 0.29) is 29.7 Å². The van der Waals surface area contributed by atoms with E-state index in [1.54, 1.807) is 17.7 Å². The van der Waals surface area contributed by atoms with Gasteiger partial charge in [-0.15, -0.1) is 0 Å². The van der Waals surface area contributed by atoms with Gasteiger partial charge in [-0.25, -0.2) is 4.98 Å². The first-order valence-corrected chi connectivity index (χ1v) is 12.3. The van der Waals surface area contributed by atoms with Gasteiger partial charge in [-0.2, -0.15) is 13.2 Å². The Morgan fingerprint density at radius 2 is 2.03 bits per heavy atom. The number of ether oxygens (including phenoxy) is 1. The number of unbranched alkanes of at least 4 members (excludes halogenated alkanes) is 1. The minimum Gasteiger partial charge on any atom is -0.481 e. The van der Waals surface area contributed by atoms with Crippen molar-refractivity contribution in [1.82, 2.24) is 14.5 Å². The van der Waals surface area contributed by atoms with Crippen molar-refractivity contribution in [3.63, 3.8) is 0 Å². The van der Waals surface area contributed by atoms with Crippen molar-refractivity contribution in [2.45, 2.75) is 38.5 Å². The van der Waals surface area contributed by atoms with Gasteiger partial charge in [0.05, 0.1) is 23.7 Å². The van der Waals surface area contributed by atoms with Crippen LogP contribution in [0, 0.1) is 5.92 Å². The van der Waals surface area contributed by atoms with Gasteiger partial charge in [-0.3, -0.25) is 9.59 Å². The number of alkyl halides is 3. The Kier molecular flexibility index (Phi) is 8.08. The first-order valence-electron chi connectivity index (χ1n) is 11.9. The van der Waals surface area contributed by atoms with Gasteiger partial charge >= 0.3 is 12.1 Å². The number of carbonyl (C=O) groups excluding carboxylic acids is 1. The molecule has 1 aliphatic heterocycles. The Hall–Kier alpha value is -3.11. The Labute approximate surface area is 216 Å². The lowest BCUT2D eigenvalue weighted by Crippen LogP contribution is -2.30. The lowest BCUT2D eigenvalue weighted by atomic mass is 10.1.